The van der Waals surface area contributed by atoms with Crippen molar-refractivity contribution in [2.75, 3.05) is 18.1 Å². The van der Waals surface area contributed by atoms with Crippen LogP contribution in [0.15, 0.2) is 0 Å². The molecule has 98 valence electrons. The first-order valence-corrected chi connectivity index (χ1v) is 7.75. The normalized spacial score (nSPS) is 23.2. The second-order valence-corrected chi connectivity index (χ2v) is 7.93. The van der Waals surface area contributed by atoms with Gasteiger partial charge in [-0.2, -0.15) is 0 Å². The van der Waals surface area contributed by atoms with E-state index < -0.39 is 0 Å². The van der Waals surface area contributed by atoms with Gasteiger partial charge in [0.15, 0.2) is 0 Å². The lowest BCUT2D eigenvalue weighted by atomic mass is 9.63. The van der Waals surface area contributed by atoms with E-state index in [2.05, 4.69) is 38.9 Å². The van der Waals surface area contributed by atoms with Gasteiger partial charge in [-0.3, -0.25) is 0 Å². The SMILES string of the molecule is C#CCSCCNC1CC(C)(C)CC(C)(C)C1. The van der Waals surface area contributed by atoms with Gasteiger partial charge < -0.3 is 5.32 Å². The van der Waals surface area contributed by atoms with Crippen molar-refractivity contribution in [3.63, 3.8) is 0 Å². The maximum absolute atomic E-state index is 5.23. The number of hydrogen-bond donors (Lipinski definition) is 1. The van der Waals surface area contributed by atoms with E-state index in [-0.39, 0.29) is 0 Å². The van der Waals surface area contributed by atoms with E-state index in [1.165, 1.54) is 19.3 Å². The van der Waals surface area contributed by atoms with Gasteiger partial charge in [0.1, 0.15) is 0 Å². The van der Waals surface area contributed by atoms with E-state index in [9.17, 15) is 0 Å². The molecule has 0 aliphatic heterocycles. The minimum absolute atomic E-state index is 0.478. The predicted octanol–water partition coefficient (Wildman–Crippen LogP) is 3.55. The predicted molar refractivity (Wildman–Crippen MR) is 79.4 cm³/mol. The zero-order valence-electron chi connectivity index (χ0n) is 11.8. The van der Waals surface area contributed by atoms with Crippen LogP contribution in [0.25, 0.3) is 0 Å². The lowest BCUT2D eigenvalue weighted by Crippen LogP contribution is -2.44. The molecule has 0 unspecified atom stereocenters. The topological polar surface area (TPSA) is 12.0 Å². The first-order valence-electron chi connectivity index (χ1n) is 6.59. The second-order valence-electron chi connectivity index (χ2n) is 6.82. The van der Waals surface area contributed by atoms with Crippen molar-refractivity contribution in [1.29, 1.82) is 0 Å². The molecule has 1 aliphatic rings. The smallest absolute Gasteiger partial charge is 0.0545 e. The van der Waals surface area contributed by atoms with Crippen molar-refractivity contribution in [3.05, 3.63) is 0 Å². The Bertz CT molecular complexity index is 259. The monoisotopic (exact) mass is 253 g/mol. The molecule has 1 nitrogen and oxygen atoms in total. The Labute approximate surface area is 112 Å². The molecule has 1 saturated carbocycles. The summed E-state index contributed by atoms with van der Waals surface area (Å²) in [6, 6.07) is 0.681. The van der Waals surface area contributed by atoms with Crippen LogP contribution in [-0.4, -0.2) is 24.1 Å². The van der Waals surface area contributed by atoms with Gasteiger partial charge >= 0.3 is 0 Å². The van der Waals surface area contributed by atoms with E-state index in [1.54, 1.807) is 0 Å². The highest BCUT2D eigenvalue weighted by molar-refractivity contribution is 7.99. The number of terminal acetylenes is 1. The Morgan fingerprint density at radius 1 is 1.24 bits per heavy atom. The highest BCUT2D eigenvalue weighted by atomic mass is 32.2. The minimum atomic E-state index is 0.478. The molecular formula is C15H27NS. The number of rotatable bonds is 5. The molecule has 0 aromatic carbocycles. The van der Waals surface area contributed by atoms with Crippen LogP contribution >= 0.6 is 11.8 Å². The fourth-order valence-corrected chi connectivity index (χ4v) is 3.98. The minimum Gasteiger partial charge on any atom is -0.313 e. The van der Waals surface area contributed by atoms with Gasteiger partial charge in [-0.15, -0.1) is 18.2 Å². The van der Waals surface area contributed by atoms with Crippen molar-refractivity contribution in [2.24, 2.45) is 10.8 Å². The maximum atomic E-state index is 5.23. The largest absolute Gasteiger partial charge is 0.313 e. The van der Waals surface area contributed by atoms with E-state index in [0.29, 0.717) is 16.9 Å². The maximum Gasteiger partial charge on any atom is 0.0545 e. The van der Waals surface area contributed by atoms with Gasteiger partial charge in [0.25, 0.3) is 0 Å². The molecule has 1 aliphatic carbocycles. The summed E-state index contributed by atoms with van der Waals surface area (Å²) in [7, 11) is 0. The fraction of sp³-hybridized carbons (Fsp3) is 0.867. The van der Waals surface area contributed by atoms with Gasteiger partial charge in [0.2, 0.25) is 0 Å². The molecule has 1 fully saturated rings. The van der Waals surface area contributed by atoms with Crippen LogP contribution in [0.3, 0.4) is 0 Å². The lowest BCUT2D eigenvalue weighted by molar-refractivity contribution is 0.0860. The summed E-state index contributed by atoms with van der Waals surface area (Å²) in [5.41, 5.74) is 0.955. The van der Waals surface area contributed by atoms with E-state index >= 15 is 0 Å². The molecule has 0 aromatic heterocycles. The van der Waals surface area contributed by atoms with Crippen molar-refractivity contribution in [2.45, 2.75) is 53.0 Å². The van der Waals surface area contributed by atoms with Crippen LogP contribution in [0.4, 0.5) is 0 Å². The number of hydrogen-bond acceptors (Lipinski definition) is 2. The Kier molecular flexibility index (Phi) is 5.41. The molecule has 0 amide bonds. The van der Waals surface area contributed by atoms with Gasteiger partial charge in [-0.1, -0.05) is 33.6 Å². The molecule has 2 heteroatoms. The molecule has 17 heavy (non-hydrogen) atoms. The van der Waals surface area contributed by atoms with Gasteiger partial charge in [0, 0.05) is 18.3 Å². The molecule has 1 N–H and O–H groups in total. The van der Waals surface area contributed by atoms with Gasteiger partial charge in [-0.05, 0) is 30.1 Å². The lowest BCUT2D eigenvalue weighted by Gasteiger charge is -2.45. The fourth-order valence-electron chi connectivity index (χ4n) is 3.46. The summed E-state index contributed by atoms with van der Waals surface area (Å²) in [4.78, 5) is 0. The van der Waals surface area contributed by atoms with Crippen molar-refractivity contribution < 1.29 is 0 Å². The van der Waals surface area contributed by atoms with Crippen LogP contribution in [0, 0.1) is 23.2 Å². The molecule has 1 rings (SSSR count). The third-order valence-electron chi connectivity index (χ3n) is 3.42. The van der Waals surface area contributed by atoms with Crippen LogP contribution in [0.2, 0.25) is 0 Å². The zero-order chi connectivity index (χ0) is 12.9. The van der Waals surface area contributed by atoms with E-state index in [0.717, 1.165) is 18.1 Å². The van der Waals surface area contributed by atoms with E-state index in [1.807, 2.05) is 11.8 Å². The van der Waals surface area contributed by atoms with E-state index in [4.69, 9.17) is 6.42 Å². The molecule has 0 spiro atoms. The highest BCUT2D eigenvalue weighted by Crippen LogP contribution is 2.45. The summed E-state index contributed by atoms with van der Waals surface area (Å²) in [6.45, 7) is 10.7. The Morgan fingerprint density at radius 3 is 2.35 bits per heavy atom. The summed E-state index contributed by atoms with van der Waals surface area (Å²) >= 11 is 1.84. The third kappa shape index (κ3) is 5.84. The Morgan fingerprint density at radius 2 is 1.82 bits per heavy atom. The average Bonchev–Trinajstić information content (AvgIpc) is 2.12. The molecule has 0 radical (unpaired) electrons. The Hall–Kier alpha value is -0.130. The van der Waals surface area contributed by atoms with Crippen LogP contribution in [0.5, 0.6) is 0 Å². The average molecular weight is 253 g/mol. The quantitative estimate of drug-likeness (QED) is 0.594. The highest BCUT2D eigenvalue weighted by Gasteiger charge is 2.37. The van der Waals surface area contributed by atoms with Crippen LogP contribution in [0.1, 0.15) is 47.0 Å². The number of thioether (sulfide) groups is 1. The Balaban J connectivity index is 2.31. The molecule has 0 saturated heterocycles. The van der Waals surface area contributed by atoms with Crippen molar-refractivity contribution >= 4 is 11.8 Å². The molecular weight excluding hydrogens is 226 g/mol. The molecule has 0 aromatic rings. The molecule has 0 heterocycles. The first kappa shape index (κ1) is 14.9. The standard InChI is InChI=1S/C15H27NS/c1-6-8-17-9-7-16-13-10-14(2,3)12-15(4,5)11-13/h1,13,16H,7-12H2,2-5H3. The van der Waals surface area contributed by atoms with Crippen molar-refractivity contribution in [1.82, 2.24) is 5.32 Å². The van der Waals surface area contributed by atoms with Gasteiger partial charge in [0.05, 0.1) is 5.75 Å². The first-order chi connectivity index (χ1) is 7.85. The van der Waals surface area contributed by atoms with Gasteiger partial charge in [-0.25, -0.2) is 0 Å². The molecule has 0 atom stereocenters. The second kappa shape index (κ2) is 6.16. The van der Waals surface area contributed by atoms with Crippen molar-refractivity contribution in [3.8, 4) is 12.3 Å². The third-order valence-corrected chi connectivity index (χ3v) is 4.28. The summed E-state index contributed by atoms with van der Waals surface area (Å²) in [6.07, 6.45) is 9.17. The molecule has 0 bridgehead atoms. The summed E-state index contributed by atoms with van der Waals surface area (Å²) in [5.74, 6) is 4.63. The van der Waals surface area contributed by atoms with Crippen LogP contribution in [-0.2, 0) is 0 Å². The number of nitrogens with one attached hydrogen (secondary N) is 1. The summed E-state index contributed by atoms with van der Waals surface area (Å²) in [5, 5.41) is 3.70. The van der Waals surface area contributed by atoms with Crippen LogP contribution < -0.4 is 5.32 Å². The zero-order valence-corrected chi connectivity index (χ0v) is 12.6. The summed E-state index contributed by atoms with van der Waals surface area (Å²) < 4.78 is 0.